The second-order valence-corrected chi connectivity index (χ2v) is 7.81. The number of hydrogen-bond donors (Lipinski definition) is 2. The maximum Gasteiger partial charge on any atom is 0.234 e. The molecule has 2 aromatic rings. The first-order valence-corrected chi connectivity index (χ1v) is 9.68. The van der Waals surface area contributed by atoms with E-state index in [1.807, 2.05) is 54.4 Å². The van der Waals surface area contributed by atoms with Crippen molar-refractivity contribution in [3.8, 4) is 0 Å². The van der Waals surface area contributed by atoms with Crippen molar-refractivity contribution in [2.75, 3.05) is 18.9 Å². The van der Waals surface area contributed by atoms with Crippen LogP contribution in [0.5, 0.6) is 0 Å². The normalized spacial score (nSPS) is 10.7. The summed E-state index contributed by atoms with van der Waals surface area (Å²) < 4.78 is 1.69. The number of rotatable bonds is 7. The third kappa shape index (κ3) is 6.55. The number of nitrogens with zero attached hydrogens (tertiary/aromatic N) is 1. The Hall–Kier alpha value is -1.70. The third-order valence-corrected chi connectivity index (χ3v) is 4.71. The minimum absolute atomic E-state index is 0.0495. The van der Waals surface area contributed by atoms with Crippen molar-refractivity contribution in [3.63, 3.8) is 0 Å². The van der Waals surface area contributed by atoms with E-state index in [2.05, 4.69) is 42.5 Å². The molecular formula is C19H21Br2N3O2. The summed E-state index contributed by atoms with van der Waals surface area (Å²) in [6.07, 6.45) is 0. The van der Waals surface area contributed by atoms with Crippen LogP contribution in [0, 0.1) is 0 Å². The van der Waals surface area contributed by atoms with E-state index in [4.69, 9.17) is 0 Å². The van der Waals surface area contributed by atoms with E-state index in [9.17, 15) is 9.59 Å². The van der Waals surface area contributed by atoms with Gasteiger partial charge in [-0.1, -0.05) is 46.3 Å². The molecule has 0 unspecified atom stereocenters. The van der Waals surface area contributed by atoms with Crippen molar-refractivity contribution in [2.24, 2.45) is 0 Å². The summed E-state index contributed by atoms with van der Waals surface area (Å²) in [6, 6.07) is 13.6. The van der Waals surface area contributed by atoms with Crippen LogP contribution >= 0.6 is 31.9 Å². The lowest BCUT2D eigenvalue weighted by atomic mass is 10.1. The summed E-state index contributed by atoms with van der Waals surface area (Å²) >= 11 is 6.94. The molecule has 0 saturated heterocycles. The second-order valence-electron chi connectivity index (χ2n) is 6.04. The minimum atomic E-state index is -0.141. The molecule has 0 aliphatic heterocycles. The zero-order valence-electron chi connectivity index (χ0n) is 14.7. The highest BCUT2D eigenvalue weighted by Crippen LogP contribution is 2.31. The van der Waals surface area contributed by atoms with E-state index >= 15 is 0 Å². The molecule has 0 fully saturated rings. The van der Waals surface area contributed by atoms with Gasteiger partial charge in [0.1, 0.15) is 0 Å². The van der Waals surface area contributed by atoms with Gasteiger partial charge in [0.15, 0.2) is 0 Å². The lowest BCUT2D eigenvalue weighted by Crippen LogP contribution is -2.34. The Labute approximate surface area is 170 Å². The maximum atomic E-state index is 12.2. The van der Waals surface area contributed by atoms with Gasteiger partial charge >= 0.3 is 0 Å². The van der Waals surface area contributed by atoms with Crippen LogP contribution in [0.2, 0.25) is 0 Å². The maximum absolute atomic E-state index is 12.2. The highest BCUT2D eigenvalue weighted by Gasteiger charge is 2.14. The van der Waals surface area contributed by atoms with Crippen molar-refractivity contribution in [3.05, 3.63) is 62.5 Å². The molecule has 2 N–H and O–H groups in total. The number of benzene rings is 2. The molecular weight excluding hydrogens is 462 g/mol. The Kier molecular flexibility index (Phi) is 7.81. The van der Waals surface area contributed by atoms with Gasteiger partial charge in [-0.2, -0.15) is 0 Å². The predicted octanol–water partition coefficient (Wildman–Crippen LogP) is 3.92. The fourth-order valence-corrected chi connectivity index (χ4v) is 3.92. The van der Waals surface area contributed by atoms with Gasteiger partial charge in [-0.05, 0) is 46.2 Å². The summed E-state index contributed by atoms with van der Waals surface area (Å²) in [7, 11) is 1.87. The van der Waals surface area contributed by atoms with Gasteiger partial charge in [0.05, 0.1) is 12.2 Å². The average molecular weight is 483 g/mol. The smallest absolute Gasteiger partial charge is 0.234 e. The Balaban J connectivity index is 1.97. The molecule has 7 heteroatoms. The predicted molar refractivity (Wildman–Crippen MR) is 111 cm³/mol. The lowest BCUT2D eigenvalue weighted by molar-refractivity contribution is -0.122. The van der Waals surface area contributed by atoms with E-state index in [0.29, 0.717) is 13.1 Å². The molecule has 0 bridgehead atoms. The topological polar surface area (TPSA) is 61.4 Å². The van der Waals surface area contributed by atoms with Crippen molar-refractivity contribution >= 4 is 49.4 Å². The summed E-state index contributed by atoms with van der Waals surface area (Å²) in [5.74, 6) is -0.191. The Morgan fingerprint density at radius 3 is 2.46 bits per heavy atom. The standard InChI is InChI=1S/C19H21Br2N3O2/c1-13(25)23-19-15(8-16(20)9-17(19)21)11-24(2)12-18(26)22-10-14-6-4-3-5-7-14/h3-9H,10-12H2,1-2H3,(H,22,26)(H,23,25). The molecule has 0 heterocycles. The molecule has 0 spiro atoms. The van der Waals surface area contributed by atoms with Gasteiger partial charge < -0.3 is 10.6 Å². The molecule has 5 nitrogen and oxygen atoms in total. The summed E-state index contributed by atoms with van der Waals surface area (Å²) in [6.45, 7) is 2.76. The van der Waals surface area contributed by atoms with E-state index in [-0.39, 0.29) is 18.4 Å². The number of hydrogen-bond acceptors (Lipinski definition) is 3. The Bertz CT molecular complexity index is 782. The molecule has 138 valence electrons. The molecule has 0 radical (unpaired) electrons. The van der Waals surface area contributed by atoms with Crippen LogP contribution in [0.3, 0.4) is 0 Å². The van der Waals surface area contributed by atoms with Crippen molar-refractivity contribution in [1.82, 2.24) is 10.2 Å². The van der Waals surface area contributed by atoms with Gasteiger partial charge in [0.25, 0.3) is 0 Å². The molecule has 2 rings (SSSR count). The van der Waals surface area contributed by atoms with Crippen molar-refractivity contribution in [2.45, 2.75) is 20.0 Å². The number of carbonyl (C=O) groups excluding carboxylic acids is 2. The molecule has 0 atom stereocenters. The molecule has 0 aliphatic carbocycles. The fourth-order valence-electron chi connectivity index (χ4n) is 2.51. The first-order valence-electron chi connectivity index (χ1n) is 8.10. The molecule has 0 saturated carbocycles. The van der Waals surface area contributed by atoms with Crippen molar-refractivity contribution < 1.29 is 9.59 Å². The first-order chi connectivity index (χ1) is 12.3. The summed E-state index contributed by atoms with van der Waals surface area (Å²) in [5, 5.41) is 5.76. The molecule has 26 heavy (non-hydrogen) atoms. The van der Waals surface area contributed by atoms with E-state index in [0.717, 1.165) is 25.8 Å². The van der Waals surface area contributed by atoms with Gasteiger partial charge in [-0.25, -0.2) is 0 Å². The largest absolute Gasteiger partial charge is 0.351 e. The fraction of sp³-hybridized carbons (Fsp3) is 0.263. The summed E-state index contributed by atoms with van der Waals surface area (Å²) in [4.78, 5) is 25.5. The van der Waals surface area contributed by atoms with Crippen LogP contribution < -0.4 is 10.6 Å². The Morgan fingerprint density at radius 1 is 1.12 bits per heavy atom. The van der Waals surface area contributed by atoms with Crippen LogP contribution in [0.25, 0.3) is 0 Å². The molecule has 0 aliphatic rings. The highest BCUT2D eigenvalue weighted by atomic mass is 79.9. The number of carbonyl (C=O) groups is 2. The Morgan fingerprint density at radius 2 is 1.81 bits per heavy atom. The van der Waals surface area contributed by atoms with E-state index < -0.39 is 0 Å². The zero-order chi connectivity index (χ0) is 19.1. The van der Waals surface area contributed by atoms with E-state index in [1.54, 1.807) is 0 Å². The van der Waals surface area contributed by atoms with E-state index in [1.165, 1.54) is 6.92 Å². The highest BCUT2D eigenvalue weighted by molar-refractivity contribution is 9.11. The van der Waals surface area contributed by atoms with Crippen molar-refractivity contribution in [1.29, 1.82) is 0 Å². The van der Waals surface area contributed by atoms with Gasteiger partial charge in [0.2, 0.25) is 11.8 Å². The van der Waals surface area contributed by atoms with Gasteiger partial charge in [-0.3, -0.25) is 14.5 Å². The summed E-state index contributed by atoms with van der Waals surface area (Å²) in [5.41, 5.74) is 2.70. The molecule has 0 aromatic heterocycles. The van der Waals surface area contributed by atoms with Crippen LogP contribution in [-0.2, 0) is 22.7 Å². The van der Waals surface area contributed by atoms with Crippen LogP contribution in [0.15, 0.2) is 51.4 Å². The number of likely N-dealkylation sites (N-methyl/N-ethyl adjacent to an activating group) is 1. The quantitative estimate of drug-likeness (QED) is 0.628. The molecule has 2 aromatic carbocycles. The van der Waals surface area contributed by atoms with Crippen LogP contribution in [0.4, 0.5) is 5.69 Å². The second kappa shape index (κ2) is 9.85. The minimum Gasteiger partial charge on any atom is -0.351 e. The molecule has 2 amide bonds. The van der Waals surface area contributed by atoms with Gasteiger partial charge in [-0.15, -0.1) is 0 Å². The average Bonchev–Trinajstić information content (AvgIpc) is 2.56. The van der Waals surface area contributed by atoms with Crippen LogP contribution in [0.1, 0.15) is 18.1 Å². The first kappa shape index (κ1) is 20.6. The number of nitrogens with one attached hydrogen (secondary N) is 2. The van der Waals surface area contributed by atoms with Gasteiger partial charge in [0, 0.05) is 29.0 Å². The number of amides is 2. The SMILES string of the molecule is CC(=O)Nc1c(Br)cc(Br)cc1CN(C)CC(=O)NCc1ccccc1. The number of halogens is 2. The van der Waals surface area contributed by atoms with Crippen LogP contribution in [-0.4, -0.2) is 30.3 Å². The zero-order valence-corrected chi connectivity index (χ0v) is 17.9. The lowest BCUT2D eigenvalue weighted by Gasteiger charge is -2.20. The third-order valence-electron chi connectivity index (χ3n) is 3.62. The monoisotopic (exact) mass is 481 g/mol. The number of anilines is 1.